The molecule has 0 spiro atoms. The zero-order chi connectivity index (χ0) is 23.4. The van der Waals surface area contributed by atoms with Crippen molar-refractivity contribution in [1.82, 2.24) is 0 Å². The van der Waals surface area contributed by atoms with E-state index in [4.69, 9.17) is 9.41 Å². The van der Waals surface area contributed by atoms with Crippen molar-refractivity contribution in [2.24, 2.45) is 4.99 Å². The Bertz CT molecular complexity index is 1930. The van der Waals surface area contributed by atoms with Gasteiger partial charge in [-0.15, -0.1) is 0 Å². The van der Waals surface area contributed by atoms with Crippen LogP contribution in [0, 0.1) is 24.5 Å². The van der Waals surface area contributed by atoms with E-state index < -0.39 is 0 Å². The summed E-state index contributed by atoms with van der Waals surface area (Å²) in [5.41, 5.74) is 3.81. The number of aliphatic hydroxyl groups excluding tert-OH is 1. The Hall–Kier alpha value is -4.44. The van der Waals surface area contributed by atoms with E-state index in [0.29, 0.717) is 26.8 Å². The van der Waals surface area contributed by atoms with Crippen molar-refractivity contribution in [2.45, 2.75) is 13.8 Å². The van der Waals surface area contributed by atoms with Gasteiger partial charge in [-0.2, -0.15) is 0 Å². The molecule has 0 aromatic heterocycles. The molecule has 0 radical (unpaired) electrons. The molecule has 4 nitrogen and oxygen atoms in total. The van der Waals surface area contributed by atoms with E-state index in [1.807, 2.05) is 86.6 Å². The lowest BCUT2D eigenvalue weighted by molar-refractivity contribution is 0.479. The fourth-order valence-electron chi connectivity index (χ4n) is 4.80. The van der Waals surface area contributed by atoms with Gasteiger partial charge in [-0.25, -0.2) is 4.99 Å². The van der Waals surface area contributed by atoms with Gasteiger partial charge in [0.15, 0.2) is 5.43 Å². The summed E-state index contributed by atoms with van der Waals surface area (Å²) in [6.45, 7) is 3.97. The number of benzene rings is 4. The molecule has 1 N–H and O–H groups in total. The Kier molecular flexibility index (Phi) is 4.49. The zero-order valence-corrected chi connectivity index (χ0v) is 18.8. The second kappa shape index (κ2) is 7.56. The van der Waals surface area contributed by atoms with E-state index in [0.717, 1.165) is 33.0 Å². The van der Waals surface area contributed by atoms with Crippen LogP contribution in [0.25, 0.3) is 27.3 Å². The molecule has 2 aliphatic rings. The maximum Gasteiger partial charge on any atom is 0.231 e. The second-order valence-corrected chi connectivity index (χ2v) is 8.59. The lowest BCUT2D eigenvalue weighted by Crippen LogP contribution is -2.28. The van der Waals surface area contributed by atoms with Gasteiger partial charge in [-0.05, 0) is 30.4 Å². The third-order valence-electron chi connectivity index (χ3n) is 6.45. The number of hydrogen-bond acceptors (Lipinski definition) is 4. The van der Waals surface area contributed by atoms with E-state index in [1.165, 1.54) is 0 Å². The van der Waals surface area contributed by atoms with Crippen LogP contribution in [-0.4, -0.2) is 5.11 Å². The SMILES string of the molecule is Cc1cccc(C)c1N=c1oc2c3cccc4cccc(c(=O)c=2/c1=C(\O)c1ccccc1)c43. The number of para-hydroxylation sites is 1. The zero-order valence-electron chi connectivity index (χ0n) is 18.8. The number of aryl methyl sites for hydroxylation is 2. The number of rotatable bonds is 2. The van der Waals surface area contributed by atoms with Gasteiger partial charge in [0.25, 0.3) is 0 Å². The van der Waals surface area contributed by atoms with Gasteiger partial charge in [-0.3, -0.25) is 4.79 Å². The predicted octanol–water partition coefficient (Wildman–Crippen LogP) is 5.39. The standard InChI is InChI=1S/C30H21NO3/c1-17-9-6-10-18(2)26(17)31-30-25(27(32)20-11-4-3-5-12-20)24-28(33)21-15-7-13-19-14-8-16-22(23(19)21)29(24)34-30/h3-16,32H,1-2H3/b27-25+,31-30?. The van der Waals surface area contributed by atoms with Crippen LogP contribution in [-0.2, 0) is 0 Å². The van der Waals surface area contributed by atoms with Crippen LogP contribution in [0.15, 0.2) is 99.1 Å². The van der Waals surface area contributed by atoms with Crippen molar-refractivity contribution < 1.29 is 9.52 Å². The molecular weight excluding hydrogens is 422 g/mol. The lowest BCUT2D eigenvalue weighted by atomic mass is 9.99. The number of aliphatic hydroxyl groups is 1. The van der Waals surface area contributed by atoms with Gasteiger partial charge in [0.2, 0.25) is 5.55 Å². The van der Waals surface area contributed by atoms with Gasteiger partial charge in [0.1, 0.15) is 11.2 Å². The smallest absolute Gasteiger partial charge is 0.231 e. The molecule has 6 rings (SSSR count). The maximum absolute atomic E-state index is 13.8. The fourth-order valence-corrected chi connectivity index (χ4v) is 4.80. The Balaban J connectivity index is 1.93. The van der Waals surface area contributed by atoms with E-state index in [2.05, 4.69) is 0 Å². The highest BCUT2D eigenvalue weighted by atomic mass is 16.3. The molecule has 0 bridgehead atoms. The summed E-state index contributed by atoms with van der Waals surface area (Å²) in [7, 11) is 0. The van der Waals surface area contributed by atoms with Crippen molar-refractivity contribution in [3.8, 4) is 0 Å². The average molecular weight is 444 g/mol. The highest BCUT2D eigenvalue weighted by Crippen LogP contribution is 2.26. The molecule has 34 heavy (non-hydrogen) atoms. The third-order valence-corrected chi connectivity index (χ3v) is 6.45. The summed E-state index contributed by atoms with van der Waals surface area (Å²) in [6, 6.07) is 26.7. The molecule has 4 aromatic rings. The van der Waals surface area contributed by atoms with E-state index in [1.54, 1.807) is 12.1 Å². The molecule has 0 unspecified atom stereocenters. The van der Waals surface area contributed by atoms with Crippen molar-refractivity contribution in [1.29, 1.82) is 0 Å². The molecule has 0 amide bonds. The van der Waals surface area contributed by atoms with Gasteiger partial charge >= 0.3 is 0 Å². The first kappa shape index (κ1) is 20.2. The Labute approximate surface area is 194 Å². The van der Waals surface area contributed by atoms with Crippen molar-refractivity contribution in [3.05, 3.63) is 133 Å². The minimum Gasteiger partial charge on any atom is -0.506 e. The van der Waals surface area contributed by atoms with E-state index >= 15 is 0 Å². The Morgan fingerprint density at radius 1 is 0.794 bits per heavy atom. The van der Waals surface area contributed by atoms with Crippen molar-refractivity contribution in [2.75, 3.05) is 0 Å². The van der Waals surface area contributed by atoms with Gasteiger partial charge in [-0.1, -0.05) is 84.9 Å². The molecular formula is C30H21NO3. The summed E-state index contributed by atoms with van der Waals surface area (Å²) in [4.78, 5) is 18.7. The van der Waals surface area contributed by atoms with Crippen molar-refractivity contribution in [3.63, 3.8) is 0 Å². The highest BCUT2D eigenvalue weighted by molar-refractivity contribution is 6.09. The average Bonchev–Trinajstić information content (AvgIpc) is 3.24. The Morgan fingerprint density at radius 2 is 1.44 bits per heavy atom. The molecule has 0 atom stereocenters. The summed E-state index contributed by atoms with van der Waals surface area (Å²) in [5, 5.41) is 15.4. The summed E-state index contributed by atoms with van der Waals surface area (Å²) in [5.74, 6) is -0.0320. The van der Waals surface area contributed by atoms with Crippen LogP contribution in [0.3, 0.4) is 0 Å². The minimum atomic E-state index is -0.177. The number of nitrogens with zero attached hydrogens (tertiary/aromatic N) is 1. The number of hydrogen-bond donors (Lipinski definition) is 1. The largest absolute Gasteiger partial charge is 0.506 e. The van der Waals surface area contributed by atoms with Crippen molar-refractivity contribution >= 4 is 33.0 Å². The molecule has 4 heteroatoms. The Morgan fingerprint density at radius 3 is 2.15 bits per heavy atom. The molecule has 0 saturated heterocycles. The van der Waals surface area contributed by atoms with Crippen LogP contribution >= 0.6 is 0 Å². The minimum absolute atomic E-state index is 0.0320. The second-order valence-electron chi connectivity index (χ2n) is 8.59. The van der Waals surface area contributed by atoms with Gasteiger partial charge in [0.05, 0.1) is 16.1 Å². The molecule has 4 aromatic carbocycles. The molecule has 164 valence electrons. The van der Waals surface area contributed by atoms with E-state index in [9.17, 15) is 9.90 Å². The summed E-state index contributed by atoms with van der Waals surface area (Å²) >= 11 is 0. The quantitative estimate of drug-likeness (QED) is 0.390. The van der Waals surface area contributed by atoms with Crippen LogP contribution in [0.4, 0.5) is 5.69 Å². The third kappa shape index (κ3) is 2.92. The summed E-state index contributed by atoms with van der Waals surface area (Å²) < 4.78 is 6.34. The predicted molar refractivity (Wildman–Crippen MR) is 134 cm³/mol. The first-order valence-corrected chi connectivity index (χ1v) is 11.2. The fraction of sp³-hybridized carbons (Fsp3) is 0.0667. The van der Waals surface area contributed by atoms with Crippen LogP contribution in [0.5, 0.6) is 0 Å². The normalized spacial score (nSPS) is 13.3. The molecule has 1 heterocycles. The van der Waals surface area contributed by atoms with E-state index in [-0.39, 0.29) is 16.7 Å². The lowest BCUT2D eigenvalue weighted by Gasteiger charge is -2.03. The topological polar surface area (TPSA) is 62.8 Å². The van der Waals surface area contributed by atoms with Crippen LogP contribution in [0.2, 0.25) is 0 Å². The molecule has 0 fully saturated rings. The first-order chi connectivity index (χ1) is 16.5. The molecule has 1 aliphatic carbocycles. The maximum atomic E-state index is 13.8. The number of fused-ring (bicyclic) bond motifs is 1. The van der Waals surface area contributed by atoms with Crippen LogP contribution in [0.1, 0.15) is 16.7 Å². The first-order valence-electron chi connectivity index (χ1n) is 11.2. The molecule has 1 aliphatic heterocycles. The summed E-state index contributed by atoms with van der Waals surface area (Å²) in [6.07, 6.45) is 0. The highest BCUT2D eigenvalue weighted by Gasteiger charge is 2.17. The van der Waals surface area contributed by atoms with Crippen LogP contribution < -0.4 is 16.2 Å². The molecule has 0 saturated carbocycles. The monoisotopic (exact) mass is 443 g/mol. The van der Waals surface area contributed by atoms with Gasteiger partial charge < -0.3 is 9.52 Å². The van der Waals surface area contributed by atoms with Gasteiger partial charge in [0, 0.05) is 21.7 Å².